The minimum Gasteiger partial charge on any atom is -0.421 e. The highest BCUT2D eigenvalue weighted by atomic mass is 16.7. The number of hydrogen-bond acceptors (Lipinski definition) is 5. The summed E-state index contributed by atoms with van der Waals surface area (Å²) < 4.78 is 16.4. The zero-order chi connectivity index (χ0) is 19.9. The zero-order valence-corrected chi connectivity index (χ0v) is 16.7. The number of rotatable bonds is 9. The number of benzene rings is 1. The Morgan fingerprint density at radius 3 is 2.37 bits per heavy atom. The van der Waals surface area contributed by atoms with E-state index in [4.69, 9.17) is 14.2 Å². The van der Waals surface area contributed by atoms with Crippen LogP contribution in [-0.4, -0.2) is 25.0 Å². The highest BCUT2D eigenvalue weighted by Gasteiger charge is 2.33. The van der Waals surface area contributed by atoms with Crippen LogP contribution in [0.2, 0.25) is 0 Å². The first-order valence-corrected chi connectivity index (χ1v) is 9.57. The highest BCUT2D eigenvalue weighted by Crippen LogP contribution is 2.31. The van der Waals surface area contributed by atoms with Gasteiger partial charge in [0.15, 0.2) is 5.79 Å². The fourth-order valence-corrected chi connectivity index (χ4v) is 2.95. The fraction of sp³-hybridized carbons (Fsp3) is 0.545. The van der Waals surface area contributed by atoms with Gasteiger partial charge in [-0.15, -0.1) is 0 Å². The molecule has 148 valence electrons. The van der Waals surface area contributed by atoms with E-state index in [9.17, 15) is 9.59 Å². The Morgan fingerprint density at radius 2 is 1.78 bits per heavy atom. The topological polar surface area (TPSA) is 61.8 Å². The quantitative estimate of drug-likeness (QED) is 0.275. The molecule has 5 nitrogen and oxygen atoms in total. The van der Waals surface area contributed by atoms with Crippen molar-refractivity contribution in [3.8, 4) is 5.75 Å². The standard InChI is InChI=1S/C22H30O5/c1-16(2)6-5-7-17(3)8-13-20(23)21(24)27-19-11-9-18(10-12-19)22(4)25-14-15-26-22/h6,9-12,17H,5,7-8,13-15H2,1-4H3. The summed E-state index contributed by atoms with van der Waals surface area (Å²) in [5, 5.41) is 0. The normalized spacial score (nSPS) is 16.6. The van der Waals surface area contributed by atoms with Gasteiger partial charge in [-0.2, -0.15) is 0 Å². The third-order valence-corrected chi connectivity index (χ3v) is 4.73. The smallest absolute Gasteiger partial charge is 0.379 e. The molecule has 1 saturated heterocycles. The molecule has 1 atom stereocenters. The van der Waals surface area contributed by atoms with E-state index >= 15 is 0 Å². The van der Waals surface area contributed by atoms with Crippen LogP contribution in [-0.2, 0) is 24.8 Å². The predicted molar refractivity (Wildman–Crippen MR) is 103 cm³/mol. The van der Waals surface area contributed by atoms with Gasteiger partial charge in [-0.1, -0.05) is 18.6 Å². The molecule has 0 aromatic heterocycles. The van der Waals surface area contributed by atoms with Gasteiger partial charge in [-0.25, -0.2) is 4.79 Å². The number of ketones is 1. The van der Waals surface area contributed by atoms with Crippen LogP contribution in [0.25, 0.3) is 0 Å². The van der Waals surface area contributed by atoms with Crippen LogP contribution in [0.15, 0.2) is 35.9 Å². The maximum Gasteiger partial charge on any atom is 0.379 e. The van der Waals surface area contributed by atoms with Crippen molar-refractivity contribution < 1.29 is 23.8 Å². The predicted octanol–water partition coefficient (Wildman–Crippen LogP) is 4.54. The maximum absolute atomic E-state index is 12.0. The summed E-state index contributed by atoms with van der Waals surface area (Å²) in [5.41, 5.74) is 2.14. The molecule has 0 aliphatic carbocycles. The lowest BCUT2D eigenvalue weighted by Crippen LogP contribution is -2.23. The molecule has 2 rings (SSSR count). The van der Waals surface area contributed by atoms with Crippen LogP contribution in [0.4, 0.5) is 0 Å². The van der Waals surface area contributed by atoms with Gasteiger partial charge in [0, 0.05) is 12.0 Å². The second-order valence-corrected chi connectivity index (χ2v) is 7.48. The Hall–Kier alpha value is -1.98. The molecule has 5 heteroatoms. The van der Waals surface area contributed by atoms with Crippen LogP contribution < -0.4 is 4.74 Å². The van der Waals surface area contributed by atoms with Gasteiger partial charge >= 0.3 is 5.97 Å². The minimum absolute atomic E-state index is 0.215. The number of hydrogen-bond donors (Lipinski definition) is 0. The van der Waals surface area contributed by atoms with Crippen molar-refractivity contribution in [1.82, 2.24) is 0 Å². The Morgan fingerprint density at radius 1 is 1.15 bits per heavy atom. The SMILES string of the molecule is CC(C)=CCCC(C)CCC(=O)C(=O)Oc1ccc(C2(C)OCCO2)cc1. The average molecular weight is 374 g/mol. The van der Waals surface area contributed by atoms with E-state index in [0.717, 1.165) is 18.4 Å². The largest absolute Gasteiger partial charge is 0.421 e. The summed E-state index contributed by atoms with van der Waals surface area (Å²) in [6, 6.07) is 6.87. The van der Waals surface area contributed by atoms with E-state index in [2.05, 4.69) is 26.8 Å². The Labute approximate surface area is 161 Å². The molecule has 0 amide bonds. The summed E-state index contributed by atoms with van der Waals surface area (Å²) in [6.07, 6.45) is 5.11. The molecule has 1 aliphatic rings. The molecule has 1 aliphatic heterocycles. The average Bonchev–Trinajstić information content (AvgIpc) is 3.07. The highest BCUT2D eigenvalue weighted by molar-refractivity contribution is 6.34. The van der Waals surface area contributed by atoms with E-state index in [1.54, 1.807) is 24.3 Å². The molecule has 1 heterocycles. The lowest BCUT2D eigenvalue weighted by Gasteiger charge is -2.22. The first-order chi connectivity index (χ1) is 12.8. The molecule has 1 aromatic rings. The van der Waals surface area contributed by atoms with Gasteiger partial charge < -0.3 is 14.2 Å². The van der Waals surface area contributed by atoms with Crippen molar-refractivity contribution in [3.05, 3.63) is 41.5 Å². The summed E-state index contributed by atoms with van der Waals surface area (Å²) >= 11 is 0. The summed E-state index contributed by atoms with van der Waals surface area (Å²) in [6.45, 7) is 9.20. The molecule has 0 bridgehead atoms. The van der Waals surface area contributed by atoms with Crippen LogP contribution in [0.1, 0.15) is 58.9 Å². The molecule has 1 unspecified atom stereocenters. The molecule has 0 saturated carbocycles. The molecule has 1 fully saturated rings. The Balaban J connectivity index is 1.78. The fourth-order valence-electron chi connectivity index (χ4n) is 2.95. The van der Waals surface area contributed by atoms with Crippen molar-refractivity contribution >= 4 is 11.8 Å². The van der Waals surface area contributed by atoms with E-state index in [0.29, 0.717) is 31.3 Å². The minimum atomic E-state index is -0.807. The number of Topliss-reactive ketones (excluding diaryl/α,β-unsaturated/α-hetero) is 1. The maximum atomic E-state index is 12.0. The monoisotopic (exact) mass is 374 g/mol. The summed E-state index contributed by atoms with van der Waals surface area (Å²) in [5.74, 6) is -1.32. The van der Waals surface area contributed by atoms with E-state index in [-0.39, 0.29) is 6.42 Å². The number of ether oxygens (including phenoxy) is 3. The van der Waals surface area contributed by atoms with E-state index in [1.807, 2.05) is 6.92 Å². The molecule has 0 N–H and O–H groups in total. The van der Waals surface area contributed by atoms with Gasteiger partial charge in [0.25, 0.3) is 0 Å². The van der Waals surface area contributed by atoms with E-state index in [1.165, 1.54) is 5.57 Å². The van der Waals surface area contributed by atoms with Crippen molar-refractivity contribution in [1.29, 1.82) is 0 Å². The van der Waals surface area contributed by atoms with Crippen molar-refractivity contribution in [3.63, 3.8) is 0 Å². The van der Waals surface area contributed by atoms with Crippen LogP contribution in [0.3, 0.4) is 0 Å². The second-order valence-electron chi connectivity index (χ2n) is 7.48. The molecule has 27 heavy (non-hydrogen) atoms. The zero-order valence-electron chi connectivity index (χ0n) is 16.7. The first-order valence-electron chi connectivity index (χ1n) is 9.57. The summed E-state index contributed by atoms with van der Waals surface area (Å²) in [7, 11) is 0. The van der Waals surface area contributed by atoms with Crippen molar-refractivity contribution in [2.24, 2.45) is 5.92 Å². The lowest BCUT2D eigenvalue weighted by molar-refractivity contribution is -0.149. The number of esters is 1. The first kappa shape index (κ1) is 21.3. The molecule has 1 aromatic carbocycles. The number of carbonyl (C=O) groups is 2. The lowest BCUT2D eigenvalue weighted by atomic mass is 9.98. The van der Waals surface area contributed by atoms with Gasteiger partial charge in [-0.3, -0.25) is 4.79 Å². The van der Waals surface area contributed by atoms with Crippen molar-refractivity contribution in [2.75, 3.05) is 13.2 Å². The molecular formula is C22H30O5. The molecular weight excluding hydrogens is 344 g/mol. The third-order valence-electron chi connectivity index (χ3n) is 4.73. The van der Waals surface area contributed by atoms with Crippen LogP contribution >= 0.6 is 0 Å². The second kappa shape index (κ2) is 9.81. The van der Waals surface area contributed by atoms with Crippen LogP contribution in [0.5, 0.6) is 5.75 Å². The van der Waals surface area contributed by atoms with Gasteiger partial charge in [0.1, 0.15) is 5.75 Å². The molecule has 0 spiro atoms. The Kier molecular flexibility index (Phi) is 7.75. The molecule has 0 radical (unpaired) electrons. The summed E-state index contributed by atoms with van der Waals surface area (Å²) in [4.78, 5) is 24.0. The van der Waals surface area contributed by atoms with Gasteiger partial charge in [-0.05, 0) is 70.2 Å². The third kappa shape index (κ3) is 6.60. The number of carbonyl (C=O) groups excluding carboxylic acids is 2. The van der Waals surface area contributed by atoms with Gasteiger partial charge in [0.05, 0.1) is 13.2 Å². The van der Waals surface area contributed by atoms with Crippen molar-refractivity contribution in [2.45, 2.75) is 59.2 Å². The van der Waals surface area contributed by atoms with E-state index < -0.39 is 17.5 Å². The Bertz CT molecular complexity index is 664. The number of allylic oxidation sites excluding steroid dienone is 2. The van der Waals surface area contributed by atoms with Gasteiger partial charge in [0.2, 0.25) is 5.78 Å². The van der Waals surface area contributed by atoms with Crippen LogP contribution in [0, 0.1) is 5.92 Å².